The first-order valence-corrected chi connectivity index (χ1v) is 21.1. The summed E-state index contributed by atoms with van der Waals surface area (Å²) < 4.78 is 42.8. The molecule has 3 aromatic rings. The van der Waals surface area contributed by atoms with E-state index in [1.165, 1.54) is 113 Å². The minimum atomic E-state index is -4.80. The number of aliphatic hydroxyl groups is 2. The van der Waals surface area contributed by atoms with Gasteiger partial charge >= 0.3 is 7.82 Å². The Morgan fingerprint density at radius 2 is 1.65 bits per heavy atom. The van der Waals surface area contributed by atoms with Gasteiger partial charge in [0, 0.05) is 19.0 Å². The highest BCUT2D eigenvalue weighted by Crippen LogP contribution is 2.61. The van der Waals surface area contributed by atoms with E-state index < -0.39 is 50.6 Å². The molecule has 0 spiro atoms. The van der Waals surface area contributed by atoms with E-state index in [1.807, 2.05) is 6.07 Å². The zero-order valence-electron chi connectivity index (χ0n) is 31.3. The lowest BCUT2D eigenvalue weighted by Crippen LogP contribution is -2.35. The molecule has 15 nitrogen and oxygen atoms in total. The minimum Gasteiger partial charge on any atom is -0.484 e. The molecule has 54 heavy (non-hydrogen) atoms. The molecule has 1 aliphatic carbocycles. The Bertz CT molecular complexity index is 1690. The molecule has 0 radical (unpaired) electrons. The van der Waals surface area contributed by atoms with Crippen molar-refractivity contribution in [2.75, 3.05) is 25.6 Å². The van der Waals surface area contributed by atoms with Crippen molar-refractivity contribution in [2.45, 2.75) is 146 Å². The number of hydrogen-bond acceptors (Lipinski definition) is 13. The molecular weight excluding hydrogens is 715 g/mol. The largest absolute Gasteiger partial charge is 0.484 e. The maximum atomic E-state index is 13.1. The second-order valence-corrected chi connectivity index (χ2v) is 15.8. The molecule has 2 aliphatic rings. The first kappa shape index (κ1) is 42.0. The van der Waals surface area contributed by atoms with Gasteiger partial charge < -0.3 is 35.1 Å². The van der Waals surface area contributed by atoms with E-state index in [1.54, 1.807) is 12.1 Å². The number of anilines is 1. The van der Waals surface area contributed by atoms with Gasteiger partial charge in [0.2, 0.25) is 0 Å². The number of nitrogens with zero attached hydrogens (tertiary/aromatic N) is 5. The number of phosphoric ester groups is 1. The molecule has 0 amide bonds. The lowest BCUT2D eigenvalue weighted by atomic mass is 10.0. The van der Waals surface area contributed by atoms with Crippen molar-refractivity contribution in [1.29, 1.82) is 5.26 Å². The normalized spacial score (nSPS) is 23.5. The summed E-state index contributed by atoms with van der Waals surface area (Å²) in [6, 6.07) is 6.83. The fraction of sp³-hybridized carbons (Fsp3) is 0.684. The van der Waals surface area contributed by atoms with Crippen LogP contribution in [0.5, 0.6) is 5.75 Å². The molecule has 5 rings (SSSR count). The van der Waals surface area contributed by atoms with Crippen molar-refractivity contribution in [3.8, 4) is 11.8 Å². The van der Waals surface area contributed by atoms with E-state index in [9.17, 15) is 24.9 Å². The third-order valence-electron chi connectivity index (χ3n) is 10.2. The van der Waals surface area contributed by atoms with Crippen LogP contribution in [0.25, 0.3) is 5.52 Å². The van der Waals surface area contributed by atoms with E-state index in [2.05, 4.69) is 22.0 Å². The van der Waals surface area contributed by atoms with Gasteiger partial charge in [-0.2, -0.15) is 10.4 Å². The van der Waals surface area contributed by atoms with Gasteiger partial charge in [0.15, 0.2) is 11.4 Å². The van der Waals surface area contributed by atoms with Crippen molar-refractivity contribution >= 4 is 19.2 Å². The van der Waals surface area contributed by atoms with Gasteiger partial charge in [-0.3, -0.25) is 14.0 Å². The Balaban J connectivity index is 1.00. The molecule has 3 aromatic heterocycles. The molecule has 5 N–H and O–H groups in total. The molecule has 16 heteroatoms. The molecule has 7 atom stereocenters. The van der Waals surface area contributed by atoms with Gasteiger partial charge in [0.05, 0.1) is 18.9 Å². The van der Waals surface area contributed by atoms with Crippen molar-refractivity contribution < 1.29 is 42.9 Å². The molecule has 0 bridgehead atoms. The average Bonchev–Trinajstić information content (AvgIpc) is 3.40. The molecule has 298 valence electrons. The average molecular weight is 773 g/mol. The number of nitrogen functional groups attached to an aromatic ring is 1. The van der Waals surface area contributed by atoms with Gasteiger partial charge in [-0.05, 0) is 24.6 Å². The summed E-state index contributed by atoms with van der Waals surface area (Å²) in [6.07, 6.45) is 18.6. The van der Waals surface area contributed by atoms with E-state index >= 15 is 0 Å². The molecule has 0 aromatic carbocycles. The Morgan fingerprint density at radius 1 is 1.00 bits per heavy atom. The van der Waals surface area contributed by atoms with Crippen LogP contribution in [0, 0.1) is 11.3 Å². The smallest absolute Gasteiger partial charge is 0.472 e. The van der Waals surface area contributed by atoms with Crippen LogP contribution in [-0.2, 0) is 23.1 Å². The number of nitriles is 1. The predicted octanol–water partition coefficient (Wildman–Crippen LogP) is 6.35. The topological polar surface area (TPSA) is 217 Å². The van der Waals surface area contributed by atoms with E-state index in [4.69, 9.17) is 29.0 Å². The summed E-state index contributed by atoms with van der Waals surface area (Å²) in [5.41, 5.74) is 5.04. The molecule has 1 saturated carbocycles. The van der Waals surface area contributed by atoms with Crippen LogP contribution in [0.1, 0.15) is 127 Å². The number of phosphoric acid groups is 1. The Kier molecular flexibility index (Phi) is 16.0. The number of rotatable bonds is 27. The molecule has 1 aliphatic heterocycles. The van der Waals surface area contributed by atoms with E-state index in [0.29, 0.717) is 17.8 Å². The van der Waals surface area contributed by atoms with Crippen LogP contribution < -0.4 is 10.5 Å². The highest BCUT2D eigenvalue weighted by molar-refractivity contribution is 7.47. The van der Waals surface area contributed by atoms with Crippen molar-refractivity contribution in [2.24, 2.45) is 0 Å². The molecular formula is C38H57N6O9P. The summed E-state index contributed by atoms with van der Waals surface area (Å²) in [5, 5.41) is 35.8. The lowest BCUT2D eigenvalue weighted by Gasteiger charge is -2.24. The third kappa shape index (κ3) is 11.2. The zero-order chi connectivity index (χ0) is 38.4. The maximum Gasteiger partial charge on any atom is 0.472 e. The predicted molar refractivity (Wildman–Crippen MR) is 200 cm³/mol. The van der Waals surface area contributed by atoms with Crippen LogP contribution >= 0.6 is 7.82 Å². The first-order chi connectivity index (χ1) is 26.2. The molecule has 2 unspecified atom stereocenters. The number of pyridine rings is 1. The van der Waals surface area contributed by atoms with Crippen LogP contribution in [-0.4, -0.2) is 84.5 Å². The SMILES string of the molecule is CCCCCCCCCCCCCCCCCCOC[C@H](COP(=O)(O)OC1[C@H]2O[C@@H](c3ccc4c(N)ncnn34)[C@H](O)[C@@]12O)Oc1ccncc1C#N. The number of unbranched alkanes of at least 4 members (excludes halogenated alkanes) is 15. The van der Waals surface area contributed by atoms with Gasteiger partial charge in [-0.1, -0.05) is 103 Å². The van der Waals surface area contributed by atoms with Gasteiger partial charge in [0.1, 0.15) is 59.7 Å². The summed E-state index contributed by atoms with van der Waals surface area (Å²) in [5.74, 6) is 0.451. The maximum absolute atomic E-state index is 13.1. The van der Waals surface area contributed by atoms with Gasteiger partial charge in [0.25, 0.3) is 0 Å². The Labute approximate surface area is 317 Å². The van der Waals surface area contributed by atoms with Crippen molar-refractivity contribution in [3.63, 3.8) is 0 Å². The minimum absolute atomic E-state index is 0.0186. The summed E-state index contributed by atoms with van der Waals surface area (Å²) in [4.78, 5) is 18.5. The van der Waals surface area contributed by atoms with Crippen molar-refractivity contribution in [3.05, 3.63) is 48.2 Å². The van der Waals surface area contributed by atoms with Gasteiger partial charge in [-0.15, -0.1) is 0 Å². The lowest BCUT2D eigenvalue weighted by molar-refractivity contribution is -0.0702. The molecule has 2 fully saturated rings. The molecule has 4 heterocycles. The second-order valence-electron chi connectivity index (χ2n) is 14.4. The number of ether oxygens (including phenoxy) is 3. The number of fused-ring (bicyclic) bond motifs is 2. The summed E-state index contributed by atoms with van der Waals surface area (Å²) in [6.45, 7) is 2.31. The third-order valence-corrected chi connectivity index (χ3v) is 11.2. The fourth-order valence-electron chi connectivity index (χ4n) is 7.07. The highest BCUT2D eigenvalue weighted by atomic mass is 31.2. The molecule has 1 saturated heterocycles. The van der Waals surface area contributed by atoms with Crippen LogP contribution in [0.2, 0.25) is 0 Å². The van der Waals surface area contributed by atoms with E-state index in [0.717, 1.165) is 19.3 Å². The zero-order valence-corrected chi connectivity index (χ0v) is 32.2. The van der Waals surface area contributed by atoms with Crippen molar-refractivity contribution in [1.82, 2.24) is 19.6 Å². The first-order valence-electron chi connectivity index (χ1n) is 19.6. The standard InChI is InChI=1S/C38H57N6O9P/c1-2-3-4-5-6-7-8-9-10-11-12-13-14-15-16-17-22-49-25-29(51-32-20-21-41-24-28(32)23-39)26-50-54(47,48)53-36-35-38(36,46)34(45)33(52-35)30-18-19-31-37(40)42-27-43-44(30)31/h18-21,24,27,29,33-36,45-46H,2-17,22,25-26H2,1H3,(H,47,48)(H2,40,42,43)/t29-,33+,34+,35-,36?,38+/m1/s1. The Morgan fingerprint density at radius 3 is 2.26 bits per heavy atom. The quantitative estimate of drug-likeness (QED) is 0.0491. The summed E-state index contributed by atoms with van der Waals surface area (Å²) >= 11 is 0. The number of hydrogen-bond donors (Lipinski definition) is 4. The fourth-order valence-corrected chi connectivity index (χ4v) is 8.05. The van der Waals surface area contributed by atoms with Crippen LogP contribution in [0.15, 0.2) is 36.9 Å². The van der Waals surface area contributed by atoms with Gasteiger partial charge in [-0.25, -0.2) is 14.1 Å². The highest BCUT2D eigenvalue weighted by Gasteiger charge is 2.79. The number of aliphatic hydroxyl groups excluding tert-OH is 1. The second kappa shape index (κ2) is 20.6. The van der Waals surface area contributed by atoms with Crippen LogP contribution in [0.3, 0.4) is 0 Å². The Hall–Kier alpha value is -3.19. The van der Waals surface area contributed by atoms with Crippen LogP contribution in [0.4, 0.5) is 5.82 Å². The van der Waals surface area contributed by atoms with E-state index in [-0.39, 0.29) is 23.7 Å². The number of nitrogens with two attached hydrogens (primary N) is 1. The number of aromatic nitrogens is 4. The monoisotopic (exact) mass is 772 g/mol. The summed E-state index contributed by atoms with van der Waals surface area (Å²) in [7, 11) is -4.80.